The van der Waals surface area contributed by atoms with E-state index in [1.54, 1.807) is 0 Å². The number of nitrogens with zero attached hydrogens (tertiary/aromatic N) is 2. The molecule has 0 atom stereocenters. The molecule has 316 valence electrons. The number of benzene rings is 10. The van der Waals surface area contributed by atoms with Crippen LogP contribution in [-0.4, -0.2) is 0 Å². The smallest absolute Gasteiger partial charge is 0.0715 e. The Bertz CT molecular complexity index is 3190. The zero-order chi connectivity index (χ0) is 44.6. The van der Waals surface area contributed by atoms with Crippen molar-refractivity contribution in [1.29, 1.82) is 0 Å². The monoisotopic (exact) mass is 846 g/mol. The highest BCUT2D eigenvalue weighted by molar-refractivity contribution is 5.93. The van der Waals surface area contributed by atoms with E-state index in [2.05, 4.69) is 279 Å². The van der Waals surface area contributed by atoms with Crippen LogP contribution in [0, 0.1) is 20.8 Å². The second-order valence-corrected chi connectivity index (χ2v) is 17.5. The fourth-order valence-corrected chi connectivity index (χ4v) is 10.3. The molecule has 0 saturated carbocycles. The lowest BCUT2D eigenvalue weighted by atomic mass is 9.67. The third-order valence-electron chi connectivity index (χ3n) is 13.6. The molecule has 0 saturated heterocycles. The summed E-state index contributed by atoms with van der Waals surface area (Å²) in [4.78, 5) is 4.88. The number of rotatable bonds is 10. The van der Waals surface area contributed by atoms with Gasteiger partial charge in [-0.1, -0.05) is 194 Å². The number of anilines is 6. The van der Waals surface area contributed by atoms with E-state index in [0.29, 0.717) is 0 Å². The molecule has 2 nitrogen and oxygen atoms in total. The summed E-state index contributed by atoms with van der Waals surface area (Å²) in [6.45, 7) is 6.63. The van der Waals surface area contributed by atoms with E-state index in [0.717, 1.165) is 34.1 Å². The van der Waals surface area contributed by atoms with E-state index >= 15 is 0 Å². The fraction of sp³-hybridized carbons (Fsp3) is 0.0625. The molecule has 1 aliphatic rings. The molecule has 66 heavy (non-hydrogen) atoms. The summed E-state index contributed by atoms with van der Waals surface area (Å²) >= 11 is 0. The van der Waals surface area contributed by atoms with Crippen LogP contribution in [0.1, 0.15) is 38.9 Å². The van der Waals surface area contributed by atoms with Gasteiger partial charge in [0, 0.05) is 34.1 Å². The van der Waals surface area contributed by atoms with Crippen LogP contribution in [-0.2, 0) is 5.41 Å². The van der Waals surface area contributed by atoms with Gasteiger partial charge in [-0.3, -0.25) is 0 Å². The lowest BCUT2D eigenvalue weighted by Gasteiger charge is -2.36. The highest BCUT2D eigenvalue weighted by Gasteiger charge is 2.47. The first kappa shape index (κ1) is 40.6. The van der Waals surface area contributed by atoms with Crippen molar-refractivity contribution in [2.75, 3.05) is 9.80 Å². The molecule has 0 aliphatic heterocycles. The van der Waals surface area contributed by atoms with Crippen LogP contribution < -0.4 is 9.80 Å². The number of fused-ring (bicyclic) bond motifs is 3. The molecule has 0 aromatic heterocycles. The van der Waals surface area contributed by atoms with E-state index in [-0.39, 0.29) is 0 Å². The maximum atomic E-state index is 2.49. The summed E-state index contributed by atoms with van der Waals surface area (Å²) in [7, 11) is 0. The van der Waals surface area contributed by atoms with Crippen LogP contribution in [0.25, 0.3) is 33.4 Å². The maximum absolute atomic E-state index is 2.49. The molecule has 0 N–H and O–H groups in total. The van der Waals surface area contributed by atoms with Gasteiger partial charge in [-0.2, -0.15) is 0 Å². The largest absolute Gasteiger partial charge is 0.310 e. The van der Waals surface area contributed by atoms with Gasteiger partial charge in [0.2, 0.25) is 0 Å². The summed E-state index contributed by atoms with van der Waals surface area (Å²) in [5.74, 6) is 0. The third-order valence-corrected chi connectivity index (χ3v) is 13.6. The first-order chi connectivity index (χ1) is 32.5. The van der Waals surface area contributed by atoms with Crippen LogP contribution in [0.3, 0.4) is 0 Å². The summed E-state index contributed by atoms with van der Waals surface area (Å²) in [6.07, 6.45) is 0. The van der Waals surface area contributed by atoms with Gasteiger partial charge >= 0.3 is 0 Å². The Morgan fingerprint density at radius 1 is 0.273 bits per heavy atom. The topological polar surface area (TPSA) is 6.48 Å². The predicted molar refractivity (Wildman–Crippen MR) is 278 cm³/mol. The minimum atomic E-state index is -0.710. The lowest BCUT2D eigenvalue weighted by molar-refractivity contribution is 0.768. The van der Waals surface area contributed by atoms with Crippen molar-refractivity contribution in [3.63, 3.8) is 0 Å². The Balaban J connectivity index is 1.22. The minimum Gasteiger partial charge on any atom is -0.310 e. The quantitative estimate of drug-likeness (QED) is 0.135. The van der Waals surface area contributed by atoms with Gasteiger partial charge < -0.3 is 9.80 Å². The standard InChI is InChI=1S/C64H50N2/c1-45-19-13-16-28-61(45)65(54-26-11-6-12-27-54)55-39-41-57-58-42-40-56(66(62-29-17-14-20-46(62)2)63-30-18-15-21-47(63)3)44-60(58)64(59(57)43-55,52-35-31-50(32-36-52)48-22-7-4-8-23-48)53-37-33-51(34-38-53)49-24-9-5-10-25-49/h4-44H,1-3H3. The number of aryl methyl sites for hydroxylation is 3. The van der Waals surface area contributed by atoms with Crippen molar-refractivity contribution in [1.82, 2.24) is 0 Å². The van der Waals surface area contributed by atoms with Crippen molar-refractivity contribution in [2.24, 2.45) is 0 Å². The minimum absolute atomic E-state index is 0.710. The Kier molecular flexibility index (Phi) is 10.5. The molecule has 2 heteroatoms. The van der Waals surface area contributed by atoms with Crippen LogP contribution in [0.15, 0.2) is 249 Å². The van der Waals surface area contributed by atoms with E-state index in [1.165, 1.54) is 72.3 Å². The first-order valence-electron chi connectivity index (χ1n) is 22.9. The predicted octanol–water partition coefficient (Wildman–Crippen LogP) is 17.2. The summed E-state index contributed by atoms with van der Waals surface area (Å²) in [5, 5.41) is 0. The molecule has 0 spiro atoms. The van der Waals surface area contributed by atoms with Gasteiger partial charge in [0.1, 0.15) is 0 Å². The second kappa shape index (κ2) is 17.1. The van der Waals surface area contributed by atoms with Gasteiger partial charge in [-0.15, -0.1) is 0 Å². The highest BCUT2D eigenvalue weighted by atomic mass is 15.2. The summed E-state index contributed by atoms with van der Waals surface area (Å²) in [6, 6.07) is 91.5. The third kappa shape index (κ3) is 6.99. The number of para-hydroxylation sites is 4. The van der Waals surface area contributed by atoms with Crippen molar-refractivity contribution in [3.05, 3.63) is 288 Å². The van der Waals surface area contributed by atoms with Crippen molar-refractivity contribution >= 4 is 34.1 Å². The molecule has 10 aromatic carbocycles. The van der Waals surface area contributed by atoms with Crippen LogP contribution in [0.5, 0.6) is 0 Å². The molecule has 0 fully saturated rings. The Labute approximate surface area is 389 Å². The van der Waals surface area contributed by atoms with E-state index in [1.807, 2.05) is 0 Å². The summed E-state index contributed by atoms with van der Waals surface area (Å²) < 4.78 is 0. The van der Waals surface area contributed by atoms with Crippen molar-refractivity contribution in [3.8, 4) is 33.4 Å². The van der Waals surface area contributed by atoms with E-state index in [9.17, 15) is 0 Å². The normalized spacial score (nSPS) is 12.3. The van der Waals surface area contributed by atoms with Crippen LogP contribution >= 0.6 is 0 Å². The Morgan fingerprint density at radius 3 is 1.02 bits per heavy atom. The van der Waals surface area contributed by atoms with Gasteiger partial charge in [0.05, 0.1) is 5.41 Å². The molecule has 0 bridgehead atoms. The number of hydrogen-bond acceptors (Lipinski definition) is 2. The summed E-state index contributed by atoms with van der Waals surface area (Å²) in [5.41, 5.74) is 21.9. The SMILES string of the molecule is Cc1ccccc1N(c1ccccc1)c1ccc2c(c1)C(c1ccc(-c3ccccc3)cc1)(c1ccc(-c3ccccc3)cc1)c1cc(N(c3ccccc3C)c3ccccc3C)ccc1-2. The number of hydrogen-bond donors (Lipinski definition) is 0. The molecule has 1 aliphatic carbocycles. The Hall–Kier alpha value is -8.20. The van der Waals surface area contributed by atoms with Gasteiger partial charge in [-0.25, -0.2) is 0 Å². The fourth-order valence-electron chi connectivity index (χ4n) is 10.3. The van der Waals surface area contributed by atoms with Gasteiger partial charge in [-0.05, 0) is 148 Å². The van der Waals surface area contributed by atoms with E-state index in [4.69, 9.17) is 0 Å². The van der Waals surface area contributed by atoms with Gasteiger partial charge in [0.25, 0.3) is 0 Å². The zero-order valence-electron chi connectivity index (χ0n) is 37.6. The van der Waals surface area contributed by atoms with Crippen LogP contribution in [0.4, 0.5) is 34.1 Å². The van der Waals surface area contributed by atoms with Crippen molar-refractivity contribution < 1.29 is 0 Å². The molecule has 0 amide bonds. The molecule has 0 unspecified atom stereocenters. The maximum Gasteiger partial charge on any atom is 0.0715 e. The molecule has 0 heterocycles. The van der Waals surface area contributed by atoms with Crippen molar-refractivity contribution in [2.45, 2.75) is 26.2 Å². The molecule has 11 rings (SSSR count). The van der Waals surface area contributed by atoms with Gasteiger partial charge in [0.15, 0.2) is 0 Å². The zero-order valence-corrected chi connectivity index (χ0v) is 37.6. The molecule has 10 aromatic rings. The average molecular weight is 847 g/mol. The lowest BCUT2D eigenvalue weighted by Crippen LogP contribution is -2.29. The highest BCUT2D eigenvalue weighted by Crippen LogP contribution is 2.59. The second-order valence-electron chi connectivity index (χ2n) is 17.5. The molecular formula is C64H50N2. The average Bonchev–Trinajstić information content (AvgIpc) is 3.66. The Morgan fingerprint density at radius 2 is 0.606 bits per heavy atom. The van der Waals surface area contributed by atoms with Crippen LogP contribution in [0.2, 0.25) is 0 Å². The van der Waals surface area contributed by atoms with E-state index < -0.39 is 5.41 Å². The molecule has 0 radical (unpaired) electrons. The molecular weight excluding hydrogens is 797 g/mol. The first-order valence-corrected chi connectivity index (χ1v) is 22.9.